The number of benzene rings is 1. The molecule has 1 aliphatic rings. The van der Waals surface area contributed by atoms with Crippen molar-refractivity contribution in [3.63, 3.8) is 0 Å². The Morgan fingerprint density at radius 3 is 2.14 bits per heavy atom. The van der Waals surface area contributed by atoms with E-state index in [2.05, 4.69) is 13.8 Å². The fourth-order valence-corrected chi connectivity index (χ4v) is 1.87. The van der Waals surface area contributed by atoms with Crippen molar-refractivity contribution in [3.8, 4) is 5.75 Å². The summed E-state index contributed by atoms with van der Waals surface area (Å²) in [5.74, 6) is -1.40. The Morgan fingerprint density at radius 1 is 1.09 bits per heavy atom. The molecule has 1 saturated heterocycles. The average molecular weight is 304 g/mol. The number of cyclic esters (lactones) is 2. The Morgan fingerprint density at radius 2 is 1.64 bits per heavy atom. The van der Waals surface area contributed by atoms with Crippen LogP contribution in [0.1, 0.15) is 33.3 Å². The van der Waals surface area contributed by atoms with E-state index in [4.69, 9.17) is 14.2 Å². The van der Waals surface area contributed by atoms with Crippen molar-refractivity contribution in [2.45, 2.75) is 33.5 Å². The SMILES string of the molecule is CC(C)COc1ccc(C=C2C(=O)OC(C)(C)OC2=O)cc1. The molecule has 0 amide bonds. The largest absolute Gasteiger partial charge is 0.493 e. The van der Waals surface area contributed by atoms with Crippen LogP contribution < -0.4 is 4.74 Å². The zero-order valence-electron chi connectivity index (χ0n) is 13.2. The van der Waals surface area contributed by atoms with Gasteiger partial charge in [0.25, 0.3) is 5.79 Å². The maximum atomic E-state index is 11.9. The van der Waals surface area contributed by atoms with Crippen LogP contribution in [0.25, 0.3) is 6.08 Å². The third-order valence-electron chi connectivity index (χ3n) is 2.89. The summed E-state index contributed by atoms with van der Waals surface area (Å²) in [6.07, 6.45) is 1.45. The van der Waals surface area contributed by atoms with E-state index in [-0.39, 0.29) is 5.57 Å². The Bertz CT molecular complexity index is 574. The third-order valence-corrected chi connectivity index (χ3v) is 2.89. The lowest BCUT2D eigenvalue weighted by Gasteiger charge is -2.29. The summed E-state index contributed by atoms with van der Waals surface area (Å²) in [5, 5.41) is 0. The highest BCUT2D eigenvalue weighted by atomic mass is 16.7. The van der Waals surface area contributed by atoms with Gasteiger partial charge in [-0.1, -0.05) is 26.0 Å². The van der Waals surface area contributed by atoms with Crippen LogP contribution in [-0.4, -0.2) is 24.3 Å². The van der Waals surface area contributed by atoms with Gasteiger partial charge in [0.05, 0.1) is 6.61 Å². The van der Waals surface area contributed by atoms with Crippen molar-refractivity contribution in [2.75, 3.05) is 6.61 Å². The second-order valence-corrected chi connectivity index (χ2v) is 6.01. The van der Waals surface area contributed by atoms with E-state index in [1.54, 1.807) is 24.3 Å². The van der Waals surface area contributed by atoms with E-state index >= 15 is 0 Å². The molecular weight excluding hydrogens is 284 g/mol. The first-order valence-electron chi connectivity index (χ1n) is 7.18. The quantitative estimate of drug-likeness (QED) is 0.486. The van der Waals surface area contributed by atoms with Crippen LogP contribution in [0, 0.1) is 5.92 Å². The molecule has 1 heterocycles. The fraction of sp³-hybridized carbons (Fsp3) is 0.412. The van der Waals surface area contributed by atoms with Crippen LogP contribution in [0.4, 0.5) is 0 Å². The van der Waals surface area contributed by atoms with Crippen molar-refractivity contribution in [3.05, 3.63) is 35.4 Å². The summed E-state index contributed by atoms with van der Waals surface area (Å²) in [7, 11) is 0. The number of carbonyl (C=O) groups is 2. The molecule has 0 bridgehead atoms. The molecule has 0 aliphatic carbocycles. The molecule has 1 aromatic carbocycles. The summed E-state index contributed by atoms with van der Waals surface area (Å²) in [6, 6.07) is 7.11. The highest BCUT2D eigenvalue weighted by molar-refractivity contribution is 6.18. The van der Waals surface area contributed by atoms with Crippen LogP contribution in [-0.2, 0) is 19.1 Å². The highest BCUT2D eigenvalue weighted by Gasteiger charge is 2.38. The van der Waals surface area contributed by atoms with Crippen molar-refractivity contribution in [2.24, 2.45) is 5.92 Å². The zero-order chi connectivity index (χ0) is 16.3. The van der Waals surface area contributed by atoms with E-state index < -0.39 is 17.7 Å². The molecule has 5 heteroatoms. The molecule has 118 valence electrons. The van der Waals surface area contributed by atoms with Crippen LogP contribution in [0.3, 0.4) is 0 Å². The van der Waals surface area contributed by atoms with Crippen LogP contribution in [0.15, 0.2) is 29.8 Å². The van der Waals surface area contributed by atoms with E-state index in [1.165, 1.54) is 19.9 Å². The highest BCUT2D eigenvalue weighted by Crippen LogP contribution is 2.24. The molecular formula is C17H20O5. The first kappa shape index (κ1) is 16.1. The van der Waals surface area contributed by atoms with Gasteiger partial charge in [-0.15, -0.1) is 0 Å². The molecule has 0 unspecified atom stereocenters. The first-order valence-corrected chi connectivity index (χ1v) is 7.18. The predicted molar refractivity (Wildman–Crippen MR) is 81.0 cm³/mol. The van der Waals surface area contributed by atoms with E-state index in [0.717, 1.165) is 5.75 Å². The van der Waals surface area contributed by atoms with Gasteiger partial charge in [-0.2, -0.15) is 0 Å². The Labute approximate surface area is 129 Å². The number of carbonyl (C=O) groups excluding carboxylic acids is 2. The van der Waals surface area contributed by atoms with Crippen LogP contribution >= 0.6 is 0 Å². The molecule has 1 aromatic rings. The summed E-state index contributed by atoms with van der Waals surface area (Å²) < 4.78 is 15.7. The molecule has 22 heavy (non-hydrogen) atoms. The second-order valence-electron chi connectivity index (χ2n) is 6.01. The van der Waals surface area contributed by atoms with E-state index in [1.807, 2.05) is 0 Å². The summed E-state index contributed by atoms with van der Waals surface area (Å²) in [6.45, 7) is 7.80. The Kier molecular flexibility index (Phi) is 4.54. The standard InChI is InChI=1S/C17H20O5/c1-11(2)10-20-13-7-5-12(6-8-13)9-14-15(18)21-17(3,4)22-16(14)19/h5-9,11H,10H2,1-4H3. The fourth-order valence-electron chi connectivity index (χ4n) is 1.87. The number of rotatable bonds is 4. The van der Waals surface area contributed by atoms with Gasteiger partial charge in [-0.05, 0) is 29.7 Å². The summed E-state index contributed by atoms with van der Waals surface area (Å²) >= 11 is 0. The first-order chi connectivity index (χ1) is 10.3. The number of esters is 2. The molecule has 1 aliphatic heterocycles. The van der Waals surface area contributed by atoms with E-state index in [0.29, 0.717) is 18.1 Å². The van der Waals surface area contributed by atoms with Crippen LogP contribution in [0.5, 0.6) is 5.75 Å². The summed E-state index contributed by atoms with van der Waals surface area (Å²) in [4.78, 5) is 23.7. The molecule has 0 atom stereocenters. The molecule has 5 nitrogen and oxygen atoms in total. The Balaban J connectivity index is 2.12. The molecule has 0 aromatic heterocycles. The van der Waals surface area contributed by atoms with Gasteiger partial charge in [0, 0.05) is 13.8 Å². The van der Waals surface area contributed by atoms with Crippen LogP contribution in [0.2, 0.25) is 0 Å². The number of hydrogen-bond donors (Lipinski definition) is 0. The summed E-state index contributed by atoms with van der Waals surface area (Å²) in [5.41, 5.74) is 0.579. The minimum Gasteiger partial charge on any atom is -0.493 e. The molecule has 0 radical (unpaired) electrons. The van der Waals surface area contributed by atoms with Gasteiger partial charge < -0.3 is 14.2 Å². The molecule has 0 N–H and O–H groups in total. The van der Waals surface area contributed by atoms with E-state index in [9.17, 15) is 9.59 Å². The molecule has 2 rings (SSSR count). The lowest BCUT2D eigenvalue weighted by atomic mass is 10.1. The zero-order valence-corrected chi connectivity index (χ0v) is 13.2. The van der Waals surface area contributed by atoms with Gasteiger partial charge in [0.15, 0.2) is 0 Å². The van der Waals surface area contributed by atoms with Gasteiger partial charge in [-0.3, -0.25) is 0 Å². The van der Waals surface area contributed by atoms with Crippen molar-refractivity contribution >= 4 is 18.0 Å². The van der Waals surface area contributed by atoms with Crippen molar-refractivity contribution in [1.82, 2.24) is 0 Å². The maximum absolute atomic E-state index is 11.9. The smallest absolute Gasteiger partial charge is 0.348 e. The minimum atomic E-state index is -1.22. The number of ether oxygens (including phenoxy) is 3. The lowest BCUT2D eigenvalue weighted by Crippen LogP contribution is -2.41. The Hall–Kier alpha value is -2.30. The molecule has 0 saturated carbocycles. The van der Waals surface area contributed by atoms with Crippen molar-refractivity contribution in [1.29, 1.82) is 0 Å². The second kappa shape index (κ2) is 6.22. The predicted octanol–water partition coefficient (Wildman–Crippen LogP) is 2.94. The molecule has 1 fully saturated rings. The van der Waals surface area contributed by atoms with Gasteiger partial charge in [0.1, 0.15) is 11.3 Å². The van der Waals surface area contributed by atoms with Gasteiger partial charge >= 0.3 is 11.9 Å². The van der Waals surface area contributed by atoms with Crippen molar-refractivity contribution < 1.29 is 23.8 Å². The average Bonchev–Trinajstić information content (AvgIpc) is 2.41. The third kappa shape index (κ3) is 4.10. The lowest BCUT2D eigenvalue weighted by molar-refractivity contribution is -0.222. The molecule has 0 spiro atoms. The monoisotopic (exact) mass is 304 g/mol. The topological polar surface area (TPSA) is 61.8 Å². The minimum absolute atomic E-state index is 0.116. The maximum Gasteiger partial charge on any atom is 0.348 e. The normalized spacial score (nSPS) is 17.0. The van der Waals surface area contributed by atoms with Gasteiger partial charge in [-0.25, -0.2) is 9.59 Å². The van der Waals surface area contributed by atoms with Gasteiger partial charge in [0.2, 0.25) is 0 Å². The number of hydrogen-bond acceptors (Lipinski definition) is 5.